The van der Waals surface area contributed by atoms with Crippen molar-refractivity contribution in [2.45, 2.75) is 6.54 Å². The Balaban J connectivity index is 1.79. The fourth-order valence-corrected chi connectivity index (χ4v) is 3.65. The molecule has 0 saturated carbocycles. The Morgan fingerprint density at radius 1 is 0.815 bits per heavy atom. The van der Waals surface area contributed by atoms with Crippen molar-refractivity contribution in [2.24, 2.45) is 0 Å². The molecule has 0 aliphatic heterocycles. The Hall–Kier alpha value is -2.26. The number of para-hydroxylation sites is 2. The lowest BCUT2D eigenvalue weighted by Gasteiger charge is -2.09. The molecule has 0 atom stereocenters. The van der Waals surface area contributed by atoms with Crippen molar-refractivity contribution in [3.8, 4) is 0 Å². The number of aromatic nitrogens is 2. The maximum Gasteiger partial charge on any atom is 0.134 e. The number of rotatable bonds is 4. The van der Waals surface area contributed by atoms with Gasteiger partial charge >= 0.3 is 0 Å². The lowest BCUT2D eigenvalue weighted by molar-refractivity contribution is 0.814. The molecule has 0 saturated heterocycles. The highest BCUT2D eigenvalue weighted by molar-refractivity contribution is 6.35. The topological polar surface area (TPSA) is 17.8 Å². The Morgan fingerprint density at radius 2 is 1.59 bits per heavy atom. The summed E-state index contributed by atoms with van der Waals surface area (Å²) >= 11 is 18.7. The van der Waals surface area contributed by atoms with Gasteiger partial charge in [0, 0.05) is 15.1 Å². The first kappa shape index (κ1) is 18.1. The van der Waals surface area contributed by atoms with Crippen LogP contribution in [0.25, 0.3) is 23.2 Å². The lowest BCUT2D eigenvalue weighted by Crippen LogP contribution is -2.02. The quantitative estimate of drug-likeness (QED) is 0.345. The SMILES string of the molecule is Clc1ccc(Cn2c(C=Cc3ccccc3Cl)nc3ccccc32)c(Cl)c1. The number of nitrogens with zero attached hydrogens (tertiary/aromatic N) is 2. The maximum atomic E-state index is 6.39. The van der Waals surface area contributed by atoms with Gasteiger partial charge in [-0.15, -0.1) is 0 Å². The van der Waals surface area contributed by atoms with Crippen molar-refractivity contribution in [3.05, 3.63) is 98.7 Å². The molecule has 0 spiro atoms. The van der Waals surface area contributed by atoms with Gasteiger partial charge in [-0.3, -0.25) is 0 Å². The van der Waals surface area contributed by atoms with Crippen LogP contribution in [0.5, 0.6) is 0 Å². The second kappa shape index (κ2) is 7.77. The van der Waals surface area contributed by atoms with E-state index in [0.29, 0.717) is 21.6 Å². The molecule has 0 radical (unpaired) electrons. The number of hydrogen-bond donors (Lipinski definition) is 0. The van der Waals surface area contributed by atoms with E-state index in [2.05, 4.69) is 10.6 Å². The molecule has 0 aliphatic carbocycles. The van der Waals surface area contributed by atoms with E-state index in [9.17, 15) is 0 Å². The van der Waals surface area contributed by atoms with Crippen molar-refractivity contribution in [3.63, 3.8) is 0 Å². The summed E-state index contributed by atoms with van der Waals surface area (Å²) in [6.45, 7) is 0.596. The summed E-state index contributed by atoms with van der Waals surface area (Å²) in [5.74, 6) is 0.835. The summed E-state index contributed by atoms with van der Waals surface area (Å²) in [6, 6.07) is 21.3. The number of hydrogen-bond acceptors (Lipinski definition) is 1. The van der Waals surface area contributed by atoms with Crippen LogP contribution in [0.4, 0.5) is 0 Å². The molecule has 0 fully saturated rings. The van der Waals surface area contributed by atoms with Gasteiger partial charge in [-0.05, 0) is 53.6 Å². The largest absolute Gasteiger partial charge is 0.320 e. The van der Waals surface area contributed by atoms with E-state index < -0.39 is 0 Å². The predicted octanol–water partition coefficient (Wildman–Crippen LogP) is 7.22. The zero-order valence-electron chi connectivity index (χ0n) is 14.2. The number of imidazole rings is 1. The fourth-order valence-electron chi connectivity index (χ4n) is 2.98. The molecule has 0 N–H and O–H groups in total. The first-order chi connectivity index (χ1) is 13.1. The zero-order valence-corrected chi connectivity index (χ0v) is 16.5. The summed E-state index contributed by atoms with van der Waals surface area (Å²) in [4.78, 5) is 4.76. The monoisotopic (exact) mass is 412 g/mol. The minimum atomic E-state index is 0.596. The Kier molecular flexibility index (Phi) is 5.22. The molecule has 27 heavy (non-hydrogen) atoms. The van der Waals surface area contributed by atoms with Gasteiger partial charge < -0.3 is 4.57 Å². The summed E-state index contributed by atoms with van der Waals surface area (Å²) in [7, 11) is 0. The van der Waals surface area contributed by atoms with Gasteiger partial charge in [0.1, 0.15) is 5.82 Å². The summed E-state index contributed by atoms with van der Waals surface area (Å²) in [5.41, 5.74) is 3.91. The van der Waals surface area contributed by atoms with Crippen LogP contribution in [-0.2, 0) is 6.54 Å². The highest BCUT2D eigenvalue weighted by atomic mass is 35.5. The zero-order chi connectivity index (χ0) is 18.8. The van der Waals surface area contributed by atoms with E-state index in [4.69, 9.17) is 39.8 Å². The summed E-state index contributed by atoms with van der Waals surface area (Å²) < 4.78 is 2.14. The maximum absolute atomic E-state index is 6.39. The number of halogens is 3. The summed E-state index contributed by atoms with van der Waals surface area (Å²) in [5, 5.41) is 1.97. The van der Waals surface area contributed by atoms with Crippen molar-refractivity contribution in [1.29, 1.82) is 0 Å². The first-order valence-corrected chi connectivity index (χ1v) is 9.57. The highest BCUT2D eigenvalue weighted by Gasteiger charge is 2.11. The molecular formula is C22H15Cl3N2. The van der Waals surface area contributed by atoms with Crippen LogP contribution >= 0.6 is 34.8 Å². The van der Waals surface area contributed by atoms with Gasteiger partial charge in [-0.2, -0.15) is 0 Å². The number of benzene rings is 3. The molecule has 0 amide bonds. The smallest absolute Gasteiger partial charge is 0.134 e. The highest BCUT2D eigenvalue weighted by Crippen LogP contribution is 2.26. The van der Waals surface area contributed by atoms with Gasteiger partial charge in [0.05, 0.1) is 17.6 Å². The standard InChI is InChI=1S/C22H15Cl3N2/c23-17-11-9-16(19(25)13-17)14-27-21-8-4-3-7-20(21)26-22(27)12-10-15-5-1-2-6-18(15)24/h1-13H,14H2. The van der Waals surface area contributed by atoms with Crippen LogP contribution in [-0.4, -0.2) is 9.55 Å². The van der Waals surface area contributed by atoms with Crippen molar-refractivity contribution in [2.75, 3.05) is 0 Å². The molecule has 4 aromatic rings. The molecular weight excluding hydrogens is 399 g/mol. The van der Waals surface area contributed by atoms with E-state index in [-0.39, 0.29) is 0 Å². The first-order valence-electron chi connectivity index (χ1n) is 8.43. The van der Waals surface area contributed by atoms with Gasteiger partial charge in [0.15, 0.2) is 0 Å². The van der Waals surface area contributed by atoms with Crippen molar-refractivity contribution in [1.82, 2.24) is 9.55 Å². The van der Waals surface area contributed by atoms with Gasteiger partial charge in [-0.25, -0.2) is 4.98 Å². The van der Waals surface area contributed by atoms with E-state index >= 15 is 0 Å². The van der Waals surface area contributed by atoms with E-state index in [1.54, 1.807) is 6.07 Å². The third kappa shape index (κ3) is 3.89. The third-order valence-corrected chi connectivity index (χ3v) is 5.28. The number of fused-ring (bicyclic) bond motifs is 1. The van der Waals surface area contributed by atoms with Crippen LogP contribution in [0.15, 0.2) is 66.7 Å². The van der Waals surface area contributed by atoms with Crippen molar-refractivity contribution >= 4 is 58.0 Å². The molecule has 3 aromatic carbocycles. The molecule has 4 rings (SSSR count). The predicted molar refractivity (Wildman–Crippen MR) is 116 cm³/mol. The van der Waals surface area contributed by atoms with E-state index in [0.717, 1.165) is 28.0 Å². The van der Waals surface area contributed by atoms with Gasteiger partial charge in [-0.1, -0.05) is 71.2 Å². The van der Waals surface area contributed by atoms with E-state index in [1.807, 2.05) is 66.7 Å². The molecule has 2 nitrogen and oxygen atoms in total. The Bertz CT molecular complexity index is 1150. The molecule has 1 aromatic heterocycles. The van der Waals surface area contributed by atoms with Crippen LogP contribution < -0.4 is 0 Å². The average molecular weight is 414 g/mol. The molecule has 1 heterocycles. The van der Waals surface area contributed by atoms with Gasteiger partial charge in [0.2, 0.25) is 0 Å². The minimum Gasteiger partial charge on any atom is -0.320 e. The molecule has 0 unspecified atom stereocenters. The molecule has 0 bridgehead atoms. The Labute approximate surface area is 172 Å². The molecule has 5 heteroatoms. The van der Waals surface area contributed by atoms with Crippen molar-refractivity contribution < 1.29 is 0 Å². The second-order valence-electron chi connectivity index (χ2n) is 6.14. The van der Waals surface area contributed by atoms with Gasteiger partial charge in [0.25, 0.3) is 0 Å². The molecule has 0 aliphatic rings. The lowest BCUT2D eigenvalue weighted by atomic mass is 10.2. The third-order valence-electron chi connectivity index (χ3n) is 4.34. The normalized spacial score (nSPS) is 11.5. The van der Waals surface area contributed by atoms with Crippen LogP contribution in [0, 0.1) is 0 Å². The molecule has 134 valence electrons. The average Bonchev–Trinajstić information content (AvgIpc) is 3.01. The fraction of sp³-hybridized carbons (Fsp3) is 0.0455. The minimum absolute atomic E-state index is 0.596. The van der Waals surface area contributed by atoms with Crippen LogP contribution in [0.1, 0.15) is 17.0 Å². The summed E-state index contributed by atoms with van der Waals surface area (Å²) in [6.07, 6.45) is 3.95. The van der Waals surface area contributed by atoms with Crippen LogP contribution in [0.2, 0.25) is 15.1 Å². The Morgan fingerprint density at radius 3 is 2.41 bits per heavy atom. The van der Waals surface area contributed by atoms with E-state index in [1.165, 1.54) is 0 Å². The van der Waals surface area contributed by atoms with Crippen LogP contribution in [0.3, 0.4) is 0 Å². The second-order valence-corrected chi connectivity index (χ2v) is 7.39.